The quantitative estimate of drug-likeness (QED) is 0.756. The average Bonchev–Trinajstić information content (AvgIpc) is 3.24. The summed E-state index contributed by atoms with van der Waals surface area (Å²) in [6, 6.07) is 11.7. The van der Waals surface area contributed by atoms with Gasteiger partial charge in [-0.2, -0.15) is 5.26 Å². The third-order valence-electron chi connectivity index (χ3n) is 3.69. The number of H-pyrrole nitrogens is 1. The summed E-state index contributed by atoms with van der Waals surface area (Å²) in [7, 11) is 0. The van der Waals surface area contributed by atoms with Gasteiger partial charge in [0.2, 0.25) is 11.8 Å². The Morgan fingerprint density at radius 2 is 2.22 bits per heavy atom. The minimum absolute atomic E-state index is 0.0949. The molecular formula is C16H11N5OS. The highest BCUT2D eigenvalue weighted by Crippen LogP contribution is 2.46. The van der Waals surface area contributed by atoms with Gasteiger partial charge in [-0.3, -0.25) is 10.1 Å². The van der Waals surface area contributed by atoms with E-state index >= 15 is 0 Å². The smallest absolute Gasteiger partial charge is 0.244 e. The van der Waals surface area contributed by atoms with Gasteiger partial charge in [-0.25, -0.2) is 0 Å². The maximum Gasteiger partial charge on any atom is 0.244 e. The van der Waals surface area contributed by atoms with Gasteiger partial charge in [-0.1, -0.05) is 12.1 Å². The number of ether oxygens (including phenoxy) is 1. The van der Waals surface area contributed by atoms with Crippen LogP contribution in [0.3, 0.4) is 0 Å². The summed E-state index contributed by atoms with van der Waals surface area (Å²) in [5.74, 6) is 0.178. The number of aromatic nitrogens is 3. The normalized spacial score (nSPS) is 16.6. The van der Waals surface area contributed by atoms with Crippen molar-refractivity contribution in [3.05, 3.63) is 63.8 Å². The molecule has 7 heteroatoms. The number of aromatic amines is 1. The second-order valence-corrected chi connectivity index (χ2v) is 5.95. The number of thiophene rings is 1. The second-order valence-electron chi connectivity index (χ2n) is 4.97. The molecule has 0 unspecified atom stereocenters. The van der Waals surface area contributed by atoms with Crippen molar-refractivity contribution in [2.24, 2.45) is 5.73 Å². The van der Waals surface area contributed by atoms with Crippen molar-refractivity contribution in [1.29, 1.82) is 5.26 Å². The maximum absolute atomic E-state index is 9.55. The lowest BCUT2D eigenvalue weighted by Crippen LogP contribution is -2.20. The van der Waals surface area contributed by atoms with Crippen LogP contribution in [0.1, 0.15) is 16.4 Å². The minimum Gasteiger partial charge on any atom is -0.420 e. The van der Waals surface area contributed by atoms with E-state index in [1.165, 1.54) is 0 Å². The number of nitrogens with one attached hydrogen (secondary N) is 1. The van der Waals surface area contributed by atoms with Crippen molar-refractivity contribution >= 4 is 11.3 Å². The first-order valence-corrected chi connectivity index (χ1v) is 7.78. The molecule has 3 aromatic heterocycles. The fourth-order valence-corrected chi connectivity index (χ4v) is 3.53. The first-order chi connectivity index (χ1) is 11.3. The number of hydrogen-bond donors (Lipinski definition) is 2. The van der Waals surface area contributed by atoms with Crippen LogP contribution < -0.4 is 10.5 Å². The van der Waals surface area contributed by atoms with Gasteiger partial charge < -0.3 is 10.5 Å². The molecule has 0 fully saturated rings. The van der Waals surface area contributed by atoms with E-state index in [9.17, 15) is 5.26 Å². The van der Waals surface area contributed by atoms with Gasteiger partial charge in [0, 0.05) is 11.1 Å². The standard InChI is InChI=1S/C16H11N5OS/c17-8-9-12(11-5-3-7-23-11)13-14(10-4-1-2-6-19-10)20-21-16(13)22-15(9)18/h1-7,12H,18H2,(H,20,21)/t12-/m1/s1. The third-order valence-corrected chi connectivity index (χ3v) is 4.62. The molecule has 0 saturated carbocycles. The van der Waals surface area contributed by atoms with E-state index in [1.807, 2.05) is 35.7 Å². The minimum atomic E-state index is -0.306. The van der Waals surface area contributed by atoms with Gasteiger partial charge in [-0.05, 0) is 23.6 Å². The van der Waals surface area contributed by atoms with Crippen molar-refractivity contribution in [1.82, 2.24) is 15.2 Å². The average molecular weight is 321 g/mol. The van der Waals surface area contributed by atoms with Crippen LogP contribution in [0.15, 0.2) is 53.4 Å². The first kappa shape index (κ1) is 13.5. The molecular weight excluding hydrogens is 310 g/mol. The number of nitrogens with two attached hydrogens (primary N) is 1. The number of fused-ring (bicyclic) bond motifs is 1. The van der Waals surface area contributed by atoms with Crippen molar-refractivity contribution in [2.75, 3.05) is 0 Å². The molecule has 0 spiro atoms. The van der Waals surface area contributed by atoms with Crippen LogP contribution in [0.5, 0.6) is 5.88 Å². The van der Waals surface area contributed by atoms with E-state index in [0.29, 0.717) is 11.5 Å². The molecule has 4 heterocycles. The predicted octanol–water partition coefficient (Wildman–Crippen LogP) is 2.75. The molecule has 0 amide bonds. The number of pyridine rings is 1. The second kappa shape index (κ2) is 5.26. The molecule has 0 aromatic carbocycles. The van der Waals surface area contributed by atoms with E-state index in [-0.39, 0.29) is 11.8 Å². The van der Waals surface area contributed by atoms with Crippen LogP contribution in [0.25, 0.3) is 11.4 Å². The zero-order chi connectivity index (χ0) is 15.8. The molecule has 112 valence electrons. The molecule has 1 aliphatic rings. The summed E-state index contributed by atoms with van der Waals surface area (Å²) < 4.78 is 5.54. The van der Waals surface area contributed by atoms with Gasteiger partial charge in [-0.15, -0.1) is 16.4 Å². The van der Waals surface area contributed by atoms with Crippen LogP contribution >= 0.6 is 11.3 Å². The Morgan fingerprint density at radius 1 is 1.30 bits per heavy atom. The lowest BCUT2D eigenvalue weighted by atomic mass is 9.88. The van der Waals surface area contributed by atoms with Crippen molar-refractivity contribution in [3.63, 3.8) is 0 Å². The highest BCUT2D eigenvalue weighted by molar-refractivity contribution is 7.10. The molecule has 1 atom stereocenters. The number of rotatable bonds is 2. The molecule has 0 saturated heterocycles. The highest BCUT2D eigenvalue weighted by Gasteiger charge is 2.36. The van der Waals surface area contributed by atoms with Crippen LogP contribution in [-0.2, 0) is 0 Å². The Balaban J connectivity index is 1.96. The fraction of sp³-hybridized carbons (Fsp3) is 0.0625. The SMILES string of the molecule is N#CC1=C(N)Oc2n[nH]c(-c3ccccn3)c2[C@H]1c1cccs1. The van der Waals surface area contributed by atoms with Gasteiger partial charge in [0.15, 0.2) is 0 Å². The Morgan fingerprint density at radius 3 is 2.91 bits per heavy atom. The predicted molar refractivity (Wildman–Crippen MR) is 85.4 cm³/mol. The van der Waals surface area contributed by atoms with Crippen LogP contribution in [0, 0.1) is 11.3 Å². The molecule has 3 N–H and O–H groups in total. The zero-order valence-electron chi connectivity index (χ0n) is 11.9. The zero-order valence-corrected chi connectivity index (χ0v) is 12.7. The number of hydrogen-bond acceptors (Lipinski definition) is 6. The van der Waals surface area contributed by atoms with Crippen LogP contribution in [0.2, 0.25) is 0 Å². The monoisotopic (exact) mass is 321 g/mol. The van der Waals surface area contributed by atoms with E-state index in [2.05, 4.69) is 21.3 Å². The van der Waals surface area contributed by atoms with E-state index in [4.69, 9.17) is 10.5 Å². The van der Waals surface area contributed by atoms with Crippen molar-refractivity contribution in [3.8, 4) is 23.3 Å². The molecule has 1 aliphatic heterocycles. The van der Waals surface area contributed by atoms with Gasteiger partial charge in [0.1, 0.15) is 11.6 Å². The summed E-state index contributed by atoms with van der Waals surface area (Å²) >= 11 is 1.56. The Labute approximate surface area is 135 Å². The van der Waals surface area contributed by atoms with E-state index in [1.54, 1.807) is 17.5 Å². The molecule has 3 aromatic rings. The van der Waals surface area contributed by atoms with E-state index in [0.717, 1.165) is 21.8 Å². The topological polar surface area (TPSA) is 101 Å². The third kappa shape index (κ3) is 2.08. The van der Waals surface area contributed by atoms with E-state index < -0.39 is 0 Å². The number of allylic oxidation sites excluding steroid dienone is 1. The maximum atomic E-state index is 9.55. The molecule has 4 rings (SSSR count). The van der Waals surface area contributed by atoms with Gasteiger partial charge in [0.25, 0.3) is 0 Å². The van der Waals surface area contributed by atoms with Crippen LogP contribution in [0.4, 0.5) is 0 Å². The fourth-order valence-electron chi connectivity index (χ4n) is 2.69. The van der Waals surface area contributed by atoms with Crippen molar-refractivity contribution < 1.29 is 4.74 Å². The Hall–Kier alpha value is -3.11. The molecule has 23 heavy (non-hydrogen) atoms. The molecule has 0 radical (unpaired) electrons. The van der Waals surface area contributed by atoms with Crippen molar-refractivity contribution in [2.45, 2.75) is 5.92 Å². The lowest BCUT2D eigenvalue weighted by molar-refractivity contribution is 0.379. The van der Waals surface area contributed by atoms with Gasteiger partial charge in [0.05, 0.1) is 22.9 Å². The Bertz CT molecular complexity index is 921. The largest absolute Gasteiger partial charge is 0.420 e. The summed E-state index contributed by atoms with van der Waals surface area (Å²) in [4.78, 5) is 5.37. The van der Waals surface area contributed by atoms with Gasteiger partial charge >= 0.3 is 0 Å². The number of nitrogens with zero attached hydrogens (tertiary/aromatic N) is 3. The van der Waals surface area contributed by atoms with Crippen LogP contribution in [-0.4, -0.2) is 15.2 Å². The number of nitriles is 1. The Kier molecular flexibility index (Phi) is 3.10. The molecule has 0 aliphatic carbocycles. The first-order valence-electron chi connectivity index (χ1n) is 6.90. The molecule has 6 nitrogen and oxygen atoms in total. The summed E-state index contributed by atoms with van der Waals surface area (Å²) in [5, 5.41) is 18.7. The summed E-state index contributed by atoms with van der Waals surface area (Å²) in [5.41, 5.74) is 8.57. The highest BCUT2D eigenvalue weighted by atomic mass is 32.1. The lowest BCUT2D eigenvalue weighted by Gasteiger charge is -2.22. The summed E-state index contributed by atoms with van der Waals surface area (Å²) in [6.07, 6.45) is 1.71. The molecule has 0 bridgehead atoms. The summed E-state index contributed by atoms with van der Waals surface area (Å²) in [6.45, 7) is 0.